The predicted molar refractivity (Wildman–Crippen MR) is 103 cm³/mol. The topological polar surface area (TPSA) is 47.6 Å². The number of benzene rings is 2. The van der Waals surface area contributed by atoms with Gasteiger partial charge in [-0.25, -0.2) is 0 Å². The molecule has 0 saturated heterocycles. The lowest BCUT2D eigenvalue weighted by Crippen LogP contribution is -2.43. The van der Waals surface area contributed by atoms with Crippen LogP contribution in [0, 0.1) is 0 Å². The summed E-state index contributed by atoms with van der Waals surface area (Å²) < 4.78 is 11.4. The highest BCUT2D eigenvalue weighted by atomic mass is 16.5. The molecule has 1 heterocycles. The Morgan fingerprint density at radius 2 is 1.65 bits per heavy atom. The number of ether oxygens (including phenoxy) is 2. The van der Waals surface area contributed by atoms with Crippen molar-refractivity contribution in [3.63, 3.8) is 0 Å². The summed E-state index contributed by atoms with van der Waals surface area (Å²) in [6.07, 6.45) is 3.42. The molecule has 0 aliphatic carbocycles. The first-order valence-electron chi connectivity index (χ1n) is 9.34. The maximum absolute atomic E-state index is 12.0. The molecule has 4 heteroatoms. The highest BCUT2D eigenvalue weighted by Crippen LogP contribution is 2.50. The van der Waals surface area contributed by atoms with Gasteiger partial charge in [0.2, 0.25) is 5.91 Å². The van der Waals surface area contributed by atoms with E-state index in [9.17, 15) is 4.79 Å². The Kier molecular flexibility index (Phi) is 5.94. The summed E-state index contributed by atoms with van der Waals surface area (Å²) in [4.78, 5) is 12.0. The zero-order valence-corrected chi connectivity index (χ0v) is 15.6. The summed E-state index contributed by atoms with van der Waals surface area (Å²) in [6, 6.07) is 16.3. The van der Waals surface area contributed by atoms with Crippen LogP contribution in [0.4, 0.5) is 0 Å². The quantitative estimate of drug-likeness (QED) is 0.715. The fourth-order valence-corrected chi connectivity index (χ4v) is 3.76. The van der Waals surface area contributed by atoms with Crippen molar-refractivity contribution in [1.29, 1.82) is 0 Å². The summed E-state index contributed by atoms with van der Waals surface area (Å²) in [5.74, 6) is 1.83. The Morgan fingerprint density at radius 1 is 1.04 bits per heavy atom. The van der Waals surface area contributed by atoms with Crippen molar-refractivity contribution in [2.75, 3.05) is 20.3 Å². The zero-order chi connectivity index (χ0) is 18.4. The van der Waals surface area contributed by atoms with E-state index in [1.165, 1.54) is 0 Å². The molecule has 0 saturated carbocycles. The van der Waals surface area contributed by atoms with Crippen LogP contribution in [0.25, 0.3) is 0 Å². The number of para-hydroxylation sites is 2. The smallest absolute Gasteiger partial charge is 0.219 e. The number of hydrogen-bond donors (Lipinski definition) is 1. The molecule has 1 aliphatic rings. The maximum atomic E-state index is 12.0. The maximum Gasteiger partial charge on any atom is 0.219 e. The monoisotopic (exact) mass is 353 g/mol. The Labute approximate surface area is 155 Å². The normalized spacial score (nSPS) is 14.1. The number of amides is 1. The summed E-state index contributed by atoms with van der Waals surface area (Å²) >= 11 is 0. The number of hydrogen-bond acceptors (Lipinski definition) is 3. The molecule has 0 bridgehead atoms. The molecular weight excluding hydrogens is 326 g/mol. The van der Waals surface area contributed by atoms with E-state index in [0.29, 0.717) is 13.0 Å². The molecule has 26 heavy (non-hydrogen) atoms. The number of nitrogens with one attached hydrogen (secondary N) is 1. The Bertz CT molecular complexity index is 711. The van der Waals surface area contributed by atoms with E-state index in [1.807, 2.05) is 43.3 Å². The average Bonchev–Trinajstić information content (AvgIpc) is 2.69. The molecule has 0 radical (unpaired) electrons. The second kappa shape index (κ2) is 8.37. The SMILES string of the molecule is CCC(=O)NCC1(CCCCOC)c2ccccc2Oc2ccccc21. The summed E-state index contributed by atoms with van der Waals surface area (Å²) in [7, 11) is 1.73. The number of carbonyl (C=O) groups excluding carboxylic acids is 1. The Balaban J connectivity index is 2.03. The molecule has 0 unspecified atom stereocenters. The molecule has 4 nitrogen and oxygen atoms in total. The second-order valence-corrected chi connectivity index (χ2v) is 6.76. The number of fused-ring (bicyclic) bond motifs is 2. The highest BCUT2D eigenvalue weighted by molar-refractivity contribution is 5.76. The highest BCUT2D eigenvalue weighted by Gasteiger charge is 2.41. The van der Waals surface area contributed by atoms with Crippen molar-refractivity contribution in [2.45, 2.75) is 38.0 Å². The van der Waals surface area contributed by atoms with Gasteiger partial charge in [0.15, 0.2) is 0 Å². The van der Waals surface area contributed by atoms with Crippen LogP contribution in [-0.4, -0.2) is 26.2 Å². The van der Waals surface area contributed by atoms with Crippen LogP contribution in [0.2, 0.25) is 0 Å². The van der Waals surface area contributed by atoms with Gasteiger partial charge in [0.1, 0.15) is 11.5 Å². The molecule has 1 aliphatic heterocycles. The fraction of sp³-hybridized carbons (Fsp3) is 0.409. The van der Waals surface area contributed by atoms with Crippen LogP contribution in [-0.2, 0) is 14.9 Å². The number of unbranched alkanes of at least 4 members (excludes halogenated alkanes) is 1. The van der Waals surface area contributed by atoms with Crippen molar-refractivity contribution in [1.82, 2.24) is 5.32 Å². The van der Waals surface area contributed by atoms with E-state index >= 15 is 0 Å². The fourth-order valence-electron chi connectivity index (χ4n) is 3.76. The lowest BCUT2D eigenvalue weighted by molar-refractivity contribution is -0.121. The minimum Gasteiger partial charge on any atom is -0.457 e. The molecule has 0 atom stereocenters. The first-order valence-corrected chi connectivity index (χ1v) is 9.34. The predicted octanol–water partition coefficient (Wildman–Crippen LogP) is 4.42. The van der Waals surface area contributed by atoms with Gasteiger partial charge in [-0.15, -0.1) is 0 Å². The molecule has 0 fully saturated rings. The molecule has 2 aromatic carbocycles. The third-order valence-corrected chi connectivity index (χ3v) is 5.14. The molecule has 3 rings (SSSR count). The van der Waals surface area contributed by atoms with Crippen LogP contribution in [0.1, 0.15) is 43.7 Å². The van der Waals surface area contributed by atoms with Crippen molar-refractivity contribution in [3.05, 3.63) is 59.7 Å². The summed E-state index contributed by atoms with van der Waals surface area (Å²) in [6.45, 7) is 3.20. The number of methoxy groups -OCH3 is 1. The van der Waals surface area contributed by atoms with Gasteiger partial charge in [0.25, 0.3) is 0 Å². The minimum atomic E-state index is -0.288. The van der Waals surface area contributed by atoms with Gasteiger partial charge in [0, 0.05) is 43.2 Å². The third-order valence-electron chi connectivity index (χ3n) is 5.14. The first-order chi connectivity index (χ1) is 12.7. The van der Waals surface area contributed by atoms with E-state index in [2.05, 4.69) is 17.4 Å². The van der Waals surface area contributed by atoms with Gasteiger partial charge in [-0.05, 0) is 31.4 Å². The van der Waals surface area contributed by atoms with Crippen molar-refractivity contribution >= 4 is 5.91 Å². The minimum absolute atomic E-state index is 0.0720. The molecule has 1 amide bonds. The van der Waals surface area contributed by atoms with E-state index in [-0.39, 0.29) is 11.3 Å². The molecular formula is C22H27NO3. The van der Waals surface area contributed by atoms with E-state index < -0.39 is 0 Å². The van der Waals surface area contributed by atoms with Gasteiger partial charge in [-0.3, -0.25) is 4.79 Å². The summed E-state index contributed by atoms with van der Waals surface area (Å²) in [5.41, 5.74) is 2.00. The van der Waals surface area contributed by atoms with Crippen LogP contribution >= 0.6 is 0 Å². The number of carbonyl (C=O) groups is 1. The van der Waals surface area contributed by atoms with Gasteiger partial charge in [-0.2, -0.15) is 0 Å². The average molecular weight is 353 g/mol. The van der Waals surface area contributed by atoms with Crippen LogP contribution in [0.15, 0.2) is 48.5 Å². The van der Waals surface area contributed by atoms with Crippen molar-refractivity contribution in [2.24, 2.45) is 0 Å². The van der Waals surface area contributed by atoms with Crippen molar-refractivity contribution < 1.29 is 14.3 Å². The molecule has 138 valence electrons. The standard InChI is InChI=1S/C22H27NO3/c1-3-21(24)23-16-22(14-8-9-15-25-2)17-10-4-6-12-19(17)26-20-13-7-5-11-18(20)22/h4-7,10-13H,3,8-9,14-16H2,1-2H3,(H,23,24). The second-order valence-electron chi connectivity index (χ2n) is 6.76. The van der Waals surface area contributed by atoms with Crippen LogP contribution < -0.4 is 10.1 Å². The third kappa shape index (κ3) is 3.61. The lowest BCUT2D eigenvalue weighted by atomic mass is 9.69. The zero-order valence-electron chi connectivity index (χ0n) is 15.6. The van der Waals surface area contributed by atoms with E-state index in [1.54, 1.807) is 7.11 Å². The summed E-state index contributed by atoms with van der Waals surface area (Å²) in [5, 5.41) is 3.14. The lowest BCUT2D eigenvalue weighted by Gasteiger charge is -2.40. The molecule has 2 aromatic rings. The van der Waals surface area contributed by atoms with Gasteiger partial charge < -0.3 is 14.8 Å². The van der Waals surface area contributed by atoms with Gasteiger partial charge >= 0.3 is 0 Å². The first kappa shape index (κ1) is 18.5. The van der Waals surface area contributed by atoms with Crippen molar-refractivity contribution in [3.8, 4) is 11.5 Å². The number of rotatable bonds is 8. The molecule has 0 aromatic heterocycles. The van der Waals surface area contributed by atoms with E-state index in [4.69, 9.17) is 9.47 Å². The molecule has 1 N–H and O–H groups in total. The van der Waals surface area contributed by atoms with Crippen LogP contribution in [0.3, 0.4) is 0 Å². The van der Waals surface area contributed by atoms with Gasteiger partial charge in [0.05, 0.1) is 0 Å². The molecule has 0 spiro atoms. The van der Waals surface area contributed by atoms with Gasteiger partial charge in [-0.1, -0.05) is 43.3 Å². The Morgan fingerprint density at radius 3 is 2.23 bits per heavy atom. The Hall–Kier alpha value is -2.33. The van der Waals surface area contributed by atoms with E-state index in [0.717, 1.165) is 48.5 Å². The largest absolute Gasteiger partial charge is 0.457 e. The van der Waals surface area contributed by atoms with Crippen LogP contribution in [0.5, 0.6) is 11.5 Å².